The molecule has 1 fully saturated rings. The molecule has 2 aliphatic carbocycles. The second-order valence-corrected chi connectivity index (χ2v) is 13.2. The first kappa shape index (κ1) is 27.8. The van der Waals surface area contributed by atoms with Gasteiger partial charge in [0.1, 0.15) is 11.6 Å². The summed E-state index contributed by atoms with van der Waals surface area (Å²) in [4.78, 5) is 60.4. The van der Waals surface area contributed by atoms with Crippen molar-refractivity contribution in [2.24, 2.45) is 0 Å². The summed E-state index contributed by atoms with van der Waals surface area (Å²) >= 11 is 3.18. The van der Waals surface area contributed by atoms with Crippen molar-refractivity contribution in [3.63, 3.8) is 0 Å². The summed E-state index contributed by atoms with van der Waals surface area (Å²) in [6, 6.07) is 6.27. The summed E-state index contributed by atoms with van der Waals surface area (Å²) in [6.07, 6.45) is 8.94. The highest BCUT2D eigenvalue weighted by molar-refractivity contribution is 7.23. The molecule has 6 rings (SSSR count). The smallest absolute Gasteiger partial charge is 0.271 e. The number of hydrogen-bond donors (Lipinski definition) is 0. The Morgan fingerprint density at radius 3 is 1.83 bits per heavy atom. The lowest BCUT2D eigenvalue weighted by molar-refractivity contribution is -0.140. The number of carbonyl (C=O) groups is 4. The maximum atomic E-state index is 13.0. The second-order valence-electron chi connectivity index (χ2n) is 11.1. The van der Waals surface area contributed by atoms with Crippen molar-refractivity contribution in [3.05, 3.63) is 78.0 Å². The van der Waals surface area contributed by atoms with Crippen LogP contribution in [0.25, 0.3) is 26.8 Å². The van der Waals surface area contributed by atoms with E-state index in [9.17, 15) is 24.4 Å². The molecule has 4 aliphatic rings. The highest BCUT2D eigenvalue weighted by Crippen LogP contribution is 2.61. The van der Waals surface area contributed by atoms with E-state index >= 15 is 0 Å². The van der Waals surface area contributed by atoms with Crippen molar-refractivity contribution >= 4 is 58.5 Å². The molecule has 0 bridgehead atoms. The van der Waals surface area contributed by atoms with Crippen LogP contribution in [-0.2, 0) is 24.6 Å². The van der Waals surface area contributed by atoms with Gasteiger partial charge in [-0.15, -0.1) is 22.7 Å². The molecule has 0 saturated heterocycles. The summed E-state index contributed by atoms with van der Waals surface area (Å²) in [5.41, 5.74) is 3.75. The average molecular weight is 595 g/mol. The zero-order valence-electron chi connectivity index (χ0n) is 23.6. The average Bonchev–Trinajstić information content (AvgIpc) is 3.65. The van der Waals surface area contributed by atoms with Crippen LogP contribution in [0.2, 0.25) is 0 Å². The Balaban J connectivity index is 1.49. The lowest BCUT2D eigenvalue weighted by Gasteiger charge is -2.34. The van der Waals surface area contributed by atoms with E-state index in [2.05, 4.69) is 17.0 Å². The minimum atomic E-state index is -0.586. The van der Waals surface area contributed by atoms with Crippen LogP contribution in [0.5, 0.6) is 0 Å². The largest absolute Gasteiger partial charge is 0.287 e. The fourth-order valence-corrected chi connectivity index (χ4v) is 9.08. The van der Waals surface area contributed by atoms with Crippen LogP contribution in [0, 0.1) is 17.9 Å². The number of imide groups is 2. The Hall–Kier alpha value is -4.38. The van der Waals surface area contributed by atoms with Crippen molar-refractivity contribution in [3.8, 4) is 15.8 Å². The molecule has 210 valence electrons. The van der Waals surface area contributed by atoms with Crippen LogP contribution in [-0.4, -0.2) is 47.5 Å². The molecule has 2 aromatic rings. The number of thiophene rings is 2. The maximum Gasteiger partial charge on any atom is 0.271 e. The molecule has 8 nitrogen and oxygen atoms in total. The van der Waals surface area contributed by atoms with Crippen LogP contribution in [0.15, 0.2) is 45.7 Å². The minimum absolute atomic E-state index is 0.0234. The molecule has 4 amide bonds. The molecule has 1 spiro atoms. The van der Waals surface area contributed by atoms with Crippen LogP contribution in [0.4, 0.5) is 0 Å². The SMILES string of the molecule is [C-]#[N+]C1=C(C)/C(=C/c2cc3c(s2)-c2sc(/C=C4\C(=O)N(C)C(=O)C(C#N)=C4C)cc2C32CCCCC2)C(=O)N(C)C1=O. The van der Waals surface area contributed by atoms with Gasteiger partial charge in [0, 0.05) is 50.2 Å². The number of rotatable bonds is 2. The molecule has 0 N–H and O–H groups in total. The van der Waals surface area contributed by atoms with E-state index in [1.54, 1.807) is 48.7 Å². The highest BCUT2D eigenvalue weighted by atomic mass is 32.1. The molecule has 2 aliphatic heterocycles. The zero-order chi connectivity index (χ0) is 30.1. The molecule has 0 radical (unpaired) electrons. The highest BCUT2D eigenvalue weighted by Gasteiger charge is 2.46. The molecule has 42 heavy (non-hydrogen) atoms. The predicted molar refractivity (Wildman–Crippen MR) is 161 cm³/mol. The predicted octanol–water partition coefficient (Wildman–Crippen LogP) is 5.84. The quantitative estimate of drug-likeness (QED) is 0.247. The maximum absolute atomic E-state index is 13.0. The summed E-state index contributed by atoms with van der Waals surface area (Å²) in [5, 5.41) is 9.55. The lowest BCUT2D eigenvalue weighted by atomic mass is 9.68. The van der Waals surface area contributed by atoms with Gasteiger partial charge in [-0.2, -0.15) is 5.26 Å². The molecule has 0 atom stereocenters. The van der Waals surface area contributed by atoms with E-state index in [-0.39, 0.29) is 16.7 Å². The van der Waals surface area contributed by atoms with Crippen LogP contribution >= 0.6 is 22.7 Å². The number of carbonyl (C=O) groups excluding carboxylic acids is 4. The first-order valence-electron chi connectivity index (χ1n) is 13.6. The summed E-state index contributed by atoms with van der Waals surface area (Å²) in [5.74, 6) is -2.01. The van der Waals surface area contributed by atoms with Crippen molar-refractivity contribution < 1.29 is 19.2 Å². The van der Waals surface area contributed by atoms with Gasteiger partial charge in [0.25, 0.3) is 29.3 Å². The zero-order valence-corrected chi connectivity index (χ0v) is 25.2. The standard InChI is InChI=1S/C32H26N4O4S2/c1-16-20(28(37)35(4)30(39)22(16)15-33)11-18-13-23-26(41-18)27-24(32(23)9-7-6-8-10-32)14-19(42-27)12-21-17(2)25(34-3)31(40)36(5)29(21)38/h11-14H,6-10H2,1-2,4-5H3/b20-11-,21-12-. The van der Waals surface area contributed by atoms with Gasteiger partial charge < -0.3 is 0 Å². The van der Waals surface area contributed by atoms with Crippen molar-refractivity contribution in [1.82, 2.24) is 9.80 Å². The molecule has 0 unspecified atom stereocenters. The van der Waals surface area contributed by atoms with E-state index < -0.39 is 23.6 Å². The lowest BCUT2D eigenvalue weighted by Crippen LogP contribution is -2.39. The molecule has 2 aromatic heterocycles. The van der Waals surface area contributed by atoms with Gasteiger partial charge in [-0.25, -0.2) is 4.85 Å². The Bertz CT molecular complexity index is 1730. The number of nitrogens with zero attached hydrogens (tertiary/aromatic N) is 4. The number of nitriles is 1. The van der Waals surface area contributed by atoms with E-state index in [4.69, 9.17) is 6.57 Å². The monoisotopic (exact) mass is 594 g/mol. The van der Waals surface area contributed by atoms with Gasteiger partial charge in [0.15, 0.2) is 0 Å². The normalized spacial score (nSPS) is 22.0. The third kappa shape index (κ3) is 3.83. The van der Waals surface area contributed by atoms with E-state index in [0.29, 0.717) is 22.3 Å². The molecule has 1 saturated carbocycles. The van der Waals surface area contributed by atoms with E-state index in [1.165, 1.54) is 31.6 Å². The van der Waals surface area contributed by atoms with Crippen molar-refractivity contribution in [2.75, 3.05) is 14.1 Å². The molecule has 0 aromatic carbocycles. The Kier molecular flexibility index (Phi) is 6.53. The Morgan fingerprint density at radius 1 is 0.833 bits per heavy atom. The van der Waals surface area contributed by atoms with Crippen molar-refractivity contribution in [2.45, 2.75) is 51.4 Å². The van der Waals surface area contributed by atoms with Gasteiger partial charge in [0.05, 0.1) is 6.57 Å². The van der Waals surface area contributed by atoms with Gasteiger partial charge in [0.2, 0.25) is 0 Å². The summed E-state index contributed by atoms with van der Waals surface area (Å²) in [6.45, 7) is 10.7. The first-order chi connectivity index (χ1) is 20.0. The van der Waals surface area contributed by atoms with Gasteiger partial charge >= 0.3 is 0 Å². The van der Waals surface area contributed by atoms with Crippen LogP contribution in [0.3, 0.4) is 0 Å². The van der Waals surface area contributed by atoms with Gasteiger partial charge in [-0.05, 0) is 73.2 Å². The minimum Gasteiger partial charge on any atom is -0.287 e. The summed E-state index contributed by atoms with van der Waals surface area (Å²) in [7, 11) is 2.79. The second kappa shape index (κ2) is 9.87. The molecule has 4 heterocycles. The number of likely N-dealkylation sites (N-methyl/N-ethyl adjacent to an activating group) is 2. The fraction of sp³-hybridized carbons (Fsp3) is 0.312. The third-order valence-corrected chi connectivity index (χ3v) is 11.2. The summed E-state index contributed by atoms with van der Waals surface area (Å²) < 4.78 is 0. The van der Waals surface area contributed by atoms with Gasteiger partial charge in [-0.1, -0.05) is 19.3 Å². The molecular formula is C32H26N4O4S2. The van der Waals surface area contributed by atoms with Crippen LogP contribution in [0.1, 0.15) is 66.8 Å². The molecule has 10 heteroatoms. The van der Waals surface area contributed by atoms with E-state index in [0.717, 1.165) is 55.0 Å². The molecular weight excluding hydrogens is 569 g/mol. The topological polar surface area (TPSA) is 103 Å². The third-order valence-electron chi connectivity index (χ3n) is 8.88. The first-order valence-corrected chi connectivity index (χ1v) is 15.2. The van der Waals surface area contributed by atoms with E-state index in [1.807, 2.05) is 6.07 Å². The number of hydrogen-bond acceptors (Lipinski definition) is 7. The fourth-order valence-electron chi connectivity index (χ4n) is 6.51. The van der Waals surface area contributed by atoms with Crippen molar-refractivity contribution in [1.29, 1.82) is 5.26 Å². The van der Waals surface area contributed by atoms with Crippen LogP contribution < -0.4 is 0 Å². The Morgan fingerprint density at radius 2 is 1.33 bits per heavy atom. The number of amides is 4. The number of fused-ring (bicyclic) bond motifs is 5. The van der Waals surface area contributed by atoms with Gasteiger partial charge in [-0.3, -0.25) is 29.0 Å². The Labute approximate surface area is 251 Å².